The third-order valence-corrected chi connectivity index (χ3v) is 6.55. The maximum atomic E-state index is 13.5. The molecule has 8 heteroatoms. The topological polar surface area (TPSA) is 67.9 Å². The average Bonchev–Trinajstić information content (AvgIpc) is 2.84. The largest absolute Gasteiger partial charge is 0.486 e. The molecule has 1 N–H and O–H groups in total. The van der Waals surface area contributed by atoms with E-state index in [4.69, 9.17) is 32.7 Å². The first-order valence-corrected chi connectivity index (χ1v) is 12.6. The van der Waals surface area contributed by atoms with E-state index in [1.54, 1.807) is 23.1 Å². The summed E-state index contributed by atoms with van der Waals surface area (Å²) in [7, 11) is 0. The van der Waals surface area contributed by atoms with Gasteiger partial charge in [-0.25, -0.2) is 0 Å². The number of hydrogen-bond donors (Lipinski definition) is 1. The minimum Gasteiger partial charge on any atom is -0.486 e. The lowest BCUT2D eigenvalue weighted by molar-refractivity contribution is -0.141. The molecule has 0 saturated carbocycles. The smallest absolute Gasteiger partial charge is 0.242 e. The second kappa shape index (κ2) is 12.9. The quantitative estimate of drug-likeness (QED) is 0.413. The van der Waals surface area contributed by atoms with Crippen LogP contribution in [0.5, 0.6) is 11.5 Å². The van der Waals surface area contributed by atoms with Crippen molar-refractivity contribution in [2.24, 2.45) is 0 Å². The lowest BCUT2D eigenvalue weighted by Gasteiger charge is -2.31. The van der Waals surface area contributed by atoms with Crippen molar-refractivity contribution in [3.63, 3.8) is 0 Å². The molecule has 34 heavy (non-hydrogen) atoms. The van der Waals surface area contributed by atoms with Crippen LogP contribution in [0.25, 0.3) is 0 Å². The molecule has 3 rings (SSSR count). The molecule has 0 spiro atoms. The van der Waals surface area contributed by atoms with Crippen LogP contribution in [-0.4, -0.2) is 42.5 Å². The zero-order valence-electron chi connectivity index (χ0n) is 19.7. The van der Waals surface area contributed by atoms with Gasteiger partial charge in [-0.3, -0.25) is 9.59 Å². The molecule has 1 unspecified atom stereocenters. The highest BCUT2D eigenvalue weighted by Gasteiger charge is 2.29. The molecule has 1 aliphatic heterocycles. The molecule has 1 atom stereocenters. The van der Waals surface area contributed by atoms with E-state index < -0.39 is 6.04 Å². The van der Waals surface area contributed by atoms with E-state index in [9.17, 15) is 9.59 Å². The van der Waals surface area contributed by atoms with E-state index in [2.05, 4.69) is 12.2 Å². The Balaban J connectivity index is 1.78. The second-order valence-corrected chi connectivity index (χ2v) is 9.08. The molecule has 0 radical (unpaired) electrons. The van der Waals surface area contributed by atoms with Gasteiger partial charge in [-0.1, -0.05) is 55.6 Å². The first kappa shape index (κ1) is 26.2. The molecule has 6 nitrogen and oxygen atoms in total. The van der Waals surface area contributed by atoms with Crippen LogP contribution in [0, 0.1) is 0 Å². The fourth-order valence-corrected chi connectivity index (χ4v) is 4.43. The highest BCUT2D eigenvalue weighted by molar-refractivity contribution is 6.36. The monoisotopic (exact) mass is 506 g/mol. The zero-order chi connectivity index (χ0) is 24.5. The molecule has 0 aliphatic carbocycles. The van der Waals surface area contributed by atoms with Crippen molar-refractivity contribution in [3.05, 3.63) is 57.6 Å². The van der Waals surface area contributed by atoms with Gasteiger partial charge in [-0.05, 0) is 49.1 Å². The molecule has 2 aromatic rings. The number of unbranched alkanes of at least 4 members (excludes halogenated alkanes) is 1. The van der Waals surface area contributed by atoms with Crippen LogP contribution in [0.15, 0.2) is 36.4 Å². The number of nitrogens with zero attached hydrogens (tertiary/aromatic N) is 1. The van der Waals surface area contributed by atoms with Crippen molar-refractivity contribution in [3.8, 4) is 11.5 Å². The summed E-state index contributed by atoms with van der Waals surface area (Å²) >= 11 is 12.8. The number of hydrogen-bond acceptors (Lipinski definition) is 4. The standard InChI is InChI=1S/C26H32Cl2N2O4/c1-3-5-13-29-26(32)22(4-2)30(17-19-20(27)7-6-8-21(19)28)25(31)12-10-18-9-11-23-24(16-18)34-15-14-33-23/h6-9,11,16,22H,3-5,10,12-15,17H2,1-2H3,(H,29,32). The van der Waals surface area contributed by atoms with Crippen LogP contribution in [-0.2, 0) is 22.6 Å². The van der Waals surface area contributed by atoms with E-state index in [0.717, 1.165) is 18.4 Å². The molecule has 0 aromatic heterocycles. The van der Waals surface area contributed by atoms with Gasteiger partial charge >= 0.3 is 0 Å². The fourth-order valence-electron chi connectivity index (χ4n) is 3.92. The Hall–Kier alpha value is -2.44. The summed E-state index contributed by atoms with van der Waals surface area (Å²) in [5, 5.41) is 3.91. The number of amides is 2. The third-order valence-electron chi connectivity index (χ3n) is 5.84. The normalized spacial score (nSPS) is 13.3. The van der Waals surface area contributed by atoms with E-state index in [1.807, 2.05) is 25.1 Å². The summed E-state index contributed by atoms with van der Waals surface area (Å²) in [4.78, 5) is 28.1. The minimum absolute atomic E-state index is 0.136. The molecule has 2 amide bonds. The summed E-state index contributed by atoms with van der Waals surface area (Å²) in [6.45, 7) is 5.75. The molecule has 184 valence electrons. The predicted molar refractivity (Wildman–Crippen MR) is 135 cm³/mol. The van der Waals surface area contributed by atoms with E-state index in [-0.39, 0.29) is 24.8 Å². The number of nitrogens with one attached hydrogen (secondary N) is 1. The lowest BCUT2D eigenvalue weighted by Crippen LogP contribution is -2.49. The van der Waals surface area contributed by atoms with Crippen LogP contribution in [0.2, 0.25) is 10.0 Å². The maximum absolute atomic E-state index is 13.5. The van der Waals surface area contributed by atoms with Gasteiger partial charge in [0.15, 0.2) is 11.5 Å². The summed E-state index contributed by atoms with van der Waals surface area (Å²) in [5.41, 5.74) is 1.60. The van der Waals surface area contributed by atoms with Crippen LogP contribution in [0.1, 0.15) is 50.7 Å². The Morgan fingerprint density at radius 3 is 2.44 bits per heavy atom. The lowest BCUT2D eigenvalue weighted by atomic mass is 10.1. The highest BCUT2D eigenvalue weighted by Crippen LogP contribution is 2.31. The summed E-state index contributed by atoms with van der Waals surface area (Å²) < 4.78 is 11.2. The predicted octanol–water partition coefficient (Wildman–Crippen LogP) is 5.42. The molecule has 0 fully saturated rings. The van der Waals surface area contributed by atoms with Gasteiger partial charge in [0.05, 0.1) is 0 Å². The molecule has 1 aliphatic rings. The van der Waals surface area contributed by atoms with Gasteiger partial charge in [0.25, 0.3) is 0 Å². The van der Waals surface area contributed by atoms with Crippen molar-refractivity contribution in [2.75, 3.05) is 19.8 Å². The Labute approximate surface area is 211 Å². The summed E-state index contributed by atoms with van der Waals surface area (Å²) in [5.74, 6) is 1.11. The van der Waals surface area contributed by atoms with Crippen molar-refractivity contribution < 1.29 is 19.1 Å². The van der Waals surface area contributed by atoms with Crippen molar-refractivity contribution in [1.29, 1.82) is 0 Å². The van der Waals surface area contributed by atoms with Crippen LogP contribution >= 0.6 is 23.2 Å². The highest BCUT2D eigenvalue weighted by atomic mass is 35.5. The first-order chi connectivity index (χ1) is 16.4. The van der Waals surface area contributed by atoms with Gasteiger partial charge in [-0.2, -0.15) is 0 Å². The molecule has 0 saturated heterocycles. The van der Waals surface area contributed by atoms with Crippen molar-refractivity contribution in [1.82, 2.24) is 10.2 Å². The number of fused-ring (bicyclic) bond motifs is 1. The molecule has 2 aromatic carbocycles. The summed E-state index contributed by atoms with van der Waals surface area (Å²) in [6.07, 6.45) is 3.09. The molecule has 1 heterocycles. The maximum Gasteiger partial charge on any atom is 0.242 e. The Morgan fingerprint density at radius 1 is 1.06 bits per heavy atom. The fraction of sp³-hybridized carbons (Fsp3) is 0.462. The molecular weight excluding hydrogens is 475 g/mol. The number of carbonyl (C=O) groups is 2. The van der Waals surface area contributed by atoms with E-state index in [1.165, 1.54) is 0 Å². The van der Waals surface area contributed by atoms with Gasteiger partial charge in [0.2, 0.25) is 11.8 Å². The van der Waals surface area contributed by atoms with Gasteiger partial charge < -0.3 is 19.7 Å². The van der Waals surface area contributed by atoms with E-state index in [0.29, 0.717) is 59.7 Å². The van der Waals surface area contributed by atoms with Gasteiger partial charge in [-0.15, -0.1) is 0 Å². The Bertz CT molecular complexity index is 979. The SMILES string of the molecule is CCCCNC(=O)C(CC)N(Cc1c(Cl)cccc1Cl)C(=O)CCc1ccc2c(c1)OCCO2. The minimum atomic E-state index is -0.614. The second-order valence-electron chi connectivity index (χ2n) is 8.27. The third kappa shape index (κ3) is 6.80. The number of carbonyl (C=O) groups excluding carboxylic acids is 2. The van der Waals surface area contributed by atoms with Crippen molar-refractivity contribution >= 4 is 35.0 Å². The van der Waals surface area contributed by atoms with Gasteiger partial charge in [0, 0.05) is 35.1 Å². The Morgan fingerprint density at radius 2 is 1.76 bits per heavy atom. The van der Waals surface area contributed by atoms with Crippen LogP contribution in [0.3, 0.4) is 0 Å². The summed E-state index contributed by atoms with van der Waals surface area (Å²) in [6, 6.07) is 10.3. The molecule has 0 bridgehead atoms. The van der Waals surface area contributed by atoms with Crippen molar-refractivity contribution in [2.45, 2.75) is 58.5 Å². The van der Waals surface area contributed by atoms with Crippen LogP contribution in [0.4, 0.5) is 0 Å². The number of ether oxygens (including phenoxy) is 2. The number of aryl methyl sites for hydroxylation is 1. The zero-order valence-corrected chi connectivity index (χ0v) is 21.3. The van der Waals surface area contributed by atoms with Crippen LogP contribution < -0.4 is 14.8 Å². The van der Waals surface area contributed by atoms with E-state index >= 15 is 0 Å². The number of rotatable bonds is 11. The molecular formula is C26H32Cl2N2O4. The first-order valence-electron chi connectivity index (χ1n) is 11.8. The number of halogens is 2. The van der Waals surface area contributed by atoms with Gasteiger partial charge in [0.1, 0.15) is 19.3 Å². The Kier molecular flexibility index (Phi) is 9.90. The average molecular weight is 507 g/mol. The number of benzene rings is 2.